The number of allylic oxidation sites excluding steroid dienone is 7. The molecule has 5 rings (SSSR count). The average Bonchev–Trinajstić information content (AvgIpc) is 3.05. The van der Waals surface area contributed by atoms with Crippen LogP contribution in [-0.2, 0) is 0 Å². The Hall–Kier alpha value is -3.88. The van der Waals surface area contributed by atoms with E-state index in [1.807, 2.05) is 0 Å². The minimum atomic E-state index is 0.897. The van der Waals surface area contributed by atoms with Gasteiger partial charge in [-0.05, 0) is 109 Å². The van der Waals surface area contributed by atoms with Crippen molar-refractivity contribution >= 4 is 44.6 Å². The van der Waals surface area contributed by atoms with Gasteiger partial charge in [-0.3, -0.25) is 0 Å². The lowest BCUT2D eigenvalue weighted by molar-refractivity contribution is -0.519. The van der Waals surface area contributed by atoms with Crippen molar-refractivity contribution in [3.63, 3.8) is 0 Å². The van der Waals surface area contributed by atoms with Crippen LogP contribution in [0.15, 0.2) is 125 Å². The maximum Gasteiger partial charge on any atom is 0.207 e. The molecule has 3 heteroatoms. The van der Waals surface area contributed by atoms with Gasteiger partial charge in [0, 0.05) is 35.5 Å². The Morgan fingerprint density at radius 3 is 1.93 bits per heavy atom. The van der Waals surface area contributed by atoms with E-state index in [0.717, 1.165) is 50.5 Å². The first-order valence-corrected chi connectivity index (χ1v) is 16.3. The maximum atomic E-state index is 7.15. The van der Waals surface area contributed by atoms with Crippen molar-refractivity contribution in [2.75, 3.05) is 26.2 Å². The number of halogens is 1. The van der Waals surface area contributed by atoms with Gasteiger partial charge in [0.05, 0.1) is 0 Å². The van der Waals surface area contributed by atoms with E-state index in [9.17, 15) is 0 Å². The van der Waals surface area contributed by atoms with Crippen LogP contribution in [-0.4, -0.2) is 41.4 Å². The molecule has 0 heterocycles. The fraction of sp³-hybridized carbons (Fsp3) is 0.275. The van der Waals surface area contributed by atoms with E-state index in [0.29, 0.717) is 0 Å². The maximum absolute atomic E-state index is 7.15. The summed E-state index contributed by atoms with van der Waals surface area (Å²) in [4.78, 5) is 2.43. The highest BCUT2D eigenvalue weighted by Gasteiger charge is 2.17. The number of hydrogen-bond acceptors (Lipinski definition) is 1. The number of fused-ring (bicyclic) bond motifs is 2. The van der Waals surface area contributed by atoms with Gasteiger partial charge in [-0.25, -0.2) is 4.58 Å². The third-order valence-corrected chi connectivity index (χ3v) is 9.13. The molecule has 0 N–H and O–H groups in total. The summed E-state index contributed by atoms with van der Waals surface area (Å²) in [5.41, 5.74) is 7.39. The summed E-state index contributed by atoms with van der Waals surface area (Å²) >= 11 is 7.15. The monoisotopic (exact) mass is 587 g/mol. The second kappa shape index (κ2) is 14.5. The normalized spacial score (nSPS) is 15.2. The van der Waals surface area contributed by atoms with Gasteiger partial charge in [-0.1, -0.05) is 90.5 Å². The van der Waals surface area contributed by atoms with Gasteiger partial charge in [0.25, 0.3) is 0 Å². The van der Waals surface area contributed by atoms with Gasteiger partial charge >= 0.3 is 0 Å². The van der Waals surface area contributed by atoms with Crippen molar-refractivity contribution in [1.29, 1.82) is 0 Å². The molecule has 0 saturated heterocycles. The van der Waals surface area contributed by atoms with Crippen LogP contribution in [0.1, 0.15) is 58.1 Å². The first kappa shape index (κ1) is 30.6. The molecule has 0 saturated carbocycles. The third-order valence-electron chi connectivity index (χ3n) is 8.64. The van der Waals surface area contributed by atoms with Gasteiger partial charge in [0.2, 0.25) is 5.71 Å². The predicted molar refractivity (Wildman–Crippen MR) is 188 cm³/mol. The first-order valence-electron chi connectivity index (χ1n) is 15.9. The zero-order valence-corrected chi connectivity index (χ0v) is 26.9. The van der Waals surface area contributed by atoms with Crippen LogP contribution < -0.4 is 0 Å². The van der Waals surface area contributed by atoms with E-state index >= 15 is 0 Å². The minimum Gasteiger partial charge on any atom is -0.372 e. The fourth-order valence-corrected chi connectivity index (χ4v) is 6.48. The molecule has 4 aromatic rings. The summed E-state index contributed by atoms with van der Waals surface area (Å²) in [6, 6.07) is 30.7. The molecule has 43 heavy (non-hydrogen) atoms. The molecule has 0 atom stereocenters. The lowest BCUT2D eigenvalue weighted by atomic mass is 9.93. The summed E-state index contributed by atoms with van der Waals surface area (Å²) in [5, 5.41) is 5.96. The molecule has 220 valence electrons. The van der Waals surface area contributed by atoms with E-state index in [1.54, 1.807) is 0 Å². The lowest BCUT2D eigenvalue weighted by Crippen LogP contribution is -2.21. The topological polar surface area (TPSA) is 6.25 Å². The highest BCUT2D eigenvalue weighted by molar-refractivity contribution is 6.32. The number of benzene rings is 4. The van der Waals surface area contributed by atoms with Gasteiger partial charge in [0.15, 0.2) is 0 Å². The molecule has 1 aliphatic carbocycles. The van der Waals surface area contributed by atoms with Crippen molar-refractivity contribution in [3.05, 3.63) is 137 Å². The Morgan fingerprint density at radius 2 is 1.33 bits per heavy atom. The van der Waals surface area contributed by atoms with E-state index in [2.05, 4.69) is 146 Å². The van der Waals surface area contributed by atoms with E-state index < -0.39 is 0 Å². The fourth-order valence-electron chi connectivity index (χ4n) is 6.16. The summed E-state index contributed by atoms with van der Waals surface area (Å²) in [5.74, 6) is 0. The Morgan fingerprint density at radius 1 is 0.744 bits per heavy atom. The molecule has 0 radical (unpaired) electrons. The summed E-state index contributed by atoms with van der Waals surface area (Å²) in [6.45, 7) is 12.7. The SMILES string of the molecule is CCN(CC)C(=CC=C1CCCC(C=CC(c2ccc3ccccc3c2)=[N+](CC)CC)=C1Cl)c1ccc2ccccc2c1. The molecule has 0 amide bonds. The van der Waals surface area contributed by atoms with Gasteiger partial charge in [0.1, 0.15) is 13.1 Å². The van der Waals surface area contributed by atoms with E-state index in [-0.39, 0.29) is 0 Å². The van der Waals surface area contributed by atoms with Crippen molar-refractivity contribution < 1.29 is 4.58 Å². The van der Waals surface area contributed by atoms with Gasteiger partial charge in [-0.2, -0.15) is 0 Å². The molecule has 1 aliphatic rings. The van der Waals surface area contributed by atoms with Crippen LogP contribution in [0.25, 0.3) is 27.2 Å². The average molecular weight is 588 g/mol. The molecule has 0 aliphatic heterocycles. The smallest absolute Gasteiger partial charge is 0.207 e. The lowest BCUT2D eigenvalue weighted by Gasteiger charge is -2.25. The highest BCUT2D eigenvalue weighted by atomic mass is 35.5. The zero-order chi connectivity index (χ0) is 30.2. The summed E-state index contributed by atoms with van der Waals surface area (Å²) in [6.07, 6.45) is 12.2. The quantitative estimate of drug-likeness (QED) is 0.132. The van der Waals surface area contributed by atoms with Gasteiger partial charge < -0.3 is 4.90 Å². The van der Waals surface area contributed by atoms with Crippen LogP contribution in [0.4, 0.5) is 0 Å². The zero-order valence-electron chi connectivity index (χ0n) is 26.1. The number of rotatable bonds is 10. The van der Waals surface area contributed by atoms with Crippen molar-refractivity contribution in [3.8, 4) is 0 Å². The van der Waals surface area contributed by atoms with Crippen molar-refractivity contribution in [2.45, 2.75) is 47.0 Å². The summed E-state index contributed by atoms with van der Waals surface area (Å²) < 4.78 is 2.43. The highest BCUT2D eigenvalue weighted by Crippen LogP contribution is 2.34. The molecular formula is C40H44ClN2+. The molecule has 0 aromatic heterocycles. The van der Waals surface area contributed by atoms with Gasteiger partial charge in [-0.15, -0.1) is 0 Å². The molecular weight excluding hydrogens is 544 g/mol. The second-order valence-electron chi connectivity index (χ2n) is 11.1. The van der Waals surface area contributed by atoms with E-state index in [1.165, 1.54) is 55.2 Å². The summed E-state index contributed by atoms with van der Waals surface area (Å²) in [7, 11) is 0. The second-order valence-corrected chi connectivity index (χ2v) is 11.5. The van der Waals surface area contributed by atoms with Crippen LogP contribution in [0.5, 0.6) is 0 Å². The van der Waals surface area contributed by atoms with Crippen LogP contribution in [0.3, 0.4) is 0 Å². The number of hydrogen-bond donors (Lipinski definition) is 0. The molecule has 0 bridgehead atoms. The minimum absolute atomic E-state index is 0.897. The first-order chi connectivity index (χ1) is 21.1. The van der Waals surface area contributed by atoms with Crippen molar-refractivity contribution in [1.82, 2.24) is 4.90 Å². The standard InChI is InChI=1S/C40H44ClN2/c1-5-42(6-2)38(36-22-20-30-14-9-11-16-34(30)28-36)26-24-32-18-13-19-33(40(32)41)25-27-39(43(7-3)8-4)37-23-21-31-15-10-12-17-35(31)29-37/h9-12,14-17,20-29H,5-8,13,18-19H2,1-4H3/q+1. The molecule has 2 nitrogen and oxygen atoms in total. The largest absolute Gasteiger partial charge is 0.372 e. The molecule has 0 unspecified atom stereocenters. The van der Waals surface area contributed by atoms with Crippen LogP contribution in [0, 0.1) is 0 Å². The van der Waals surface area contributed by atoms with Crippen molar-refractivity contribution in [2.24, 2.45) is 0 Å². The Kier molecular flexibility index (Phi) is 10.3. The van der Waals surface area contributed by atoms with E-state index in [4.69, 9.17) is 11.6 Å². The third kappa shape index (κ3) is 7.03. The Bertz CT molecular complexity index is 1740. The Labute approximate surface area is 263 Å². The molecule has 0 fully saturated rings. The molecule has 0 spiro atoms. The van der Waals surface area contributed by atoms with Crippen LogP contribution in [0.2, 0.25) is 0 Å². The predicted octanol–water partition coefficient (Wildman–Crippen LogP) is 10.4. The van der Waals surface area contributed by atoms with Crippen LogP contribution >= 0.6 is 11.6 Å². The number of nitrogens with zero attached hydrogens (tertiary/aromatic N) is 2. The molecule has 4 aromatic carbocycles. The Balaban J connectivity index is 1.51.